The Balaban J connectivity index is 1.56. The molecule has 2 saturated heterocycles. The van der Waals surface area contributed by atoms with Crippen LogP contribution in [0.4, 0.5) is 5.69 Å². The van der Waals surface area contributed by atoms with Crippen molar-refractivity contribution >= 4 is 11.6 Å². The van der Waals surface area contributed by atoms with Crippen LogP contribution in [-0.2, 0) is 11.3 Å². The van der Waals surface area contributed by atoms with Crippen LogP contribution in [0.25, 0.3) is 0 Å². The molecular weight excluding hydrogens is 312 g/mol. The van der Waals surface area contributed by atoms with E-state index in [9.17, 15) is 4.79 Å². The highest BCUT2D eigenvalue weighted by molar-refractivity contribution is 5.80. The fraction of sp³-hybridized carbons (Fsp3) is 0.650. The second-order valence-electron chi connectivity index (χ2n) is 7.78. The van der Waals surface area contributed by atoms with Gasteiger partial charge in [-0.2, -0.15) is 0 Å². The topological polar surface area (TPSA) is 61.6 Å². The van der Waals surface area contributed by atoms with Crippen LogP contribution in [0.15, 0.2) is 24.3 Å². The van der Waals surface area contributed by atoms with Crippen LogP contribution < -0.4 is 11.1 Å². The van der Waals surface area contributed by atoms with Gasteiger partial charge < -0.3 is 16.0 Å². The number of hydrogen-bond donors (Lipinski definition) is 2. The number of likely N-dealkylation sites (tertiary alicyclic amines) is 2. The first-order chi connectivity index (χ1) is 12.0. The van der Waals surface area contributed by atoms with Gasteiger partial charge in [-0.3, -0.25) is 9.69 Å². The molecule has 0 unspecified atom stereocenters. The largest absolute Gasteiger partial charge is 0.382 e. The Morgan fingerprint density at radius 2 is 2.00 bits per heavy atom. The van der Waals surface area contributed by atoms with Crippen molar-refractivity contribution in [3.05, 3.63) is 29.8 Å². The van der Waals surface area contributed by atoms with E-state index in [1.807, 2.05) is 0 Å². The first kappa shape index (κ1) is 18.2. The number of carbonyl (C=O) groups excluding carboxylic acids is 1. The van der Waals surface area contributed by atoms with Crippen molar-refractivity contribution in [1.29, 1.82) is 0 Å². The van der Waals surface area contributed by atoms with Crippen LogP contribution in [0.1, 0.15) is 45.1 Å². The molecule has 5 nitrogen and oxygen atoms in total. The van der Waals surface area contributed by atoms with Crippen molar-refractivity contribution in [2.24, 2.45) is 5.73 Å². The van der Waals surface area contributed by atoms with E-state index < -0.39 is 0 Å². The van der Waals surface area contributed by atoms with Crippen LogP contribution in [-0.4, -0.2) is 53.5 Å². The van der Waals surface area contributed by atoms with Gasteiger partial charge in [0.25, 0.3) is 0 Å². The lowest BCUT2D eigenvalue weighted by atomic mass is 10.0. The zero-order valence-corrected chi connectivity index (χ0v) is 15.6. The van der Waals surface area contributed by atoms with Crippen molar-refractivity contribution in [2.45, 2.75) is 64.2 Å². The van der Waals surface area contributed by atoms with E-state index in [0.29, 0.717) is 12.1 Å². The highest BCUT2D eigenvalue weighted by atomic mass is 16.1. The number of anilines is 1. The van der Waals surface area contributed by atoms with E-state index in [-0.39, 0.29) is 11.9 Å². The lowest BCUT2D eigenvalue weighted by molar-refractivity contribution is -0.122. The molecule has 0 bridgehead atoms. The smallest absolute Gasteiger partial charge is 0.234 e. The molecule has 0 aliphatic carbocycles. The van der Waals surface area contributed by atoms with Crippen molar-refractivity contribution < 1.29 is 4.79 Å². The number of carbonyl (C=O) groups is 1. The summed E-state index contributed by atoms with van der Waals surface area (Å²) < 4.78 is 0. The molecule has 0 radical (unpaired) electrons. The second-order valence-corrected chi connectivity index (χ2v) is 7.78. The van der Waals surface area contributed by atoms with E-state index in [1.165, 1.54) is 37.2 Å². The molecule has 5 heteroatoms. The molecule has 0 spiro atoms. The average molecular weight is 345 g/mol. The minimum absolute atomic E-state index is 0.100. The van der Waals surface area contributed by atoms with Crippen molar-refractivity contribution in [3.63, 3.8) is 0 Å². The summed E-state index contributed by atoms with van der Waals surface area (Å²) in [5.74, 6) is -0.191. The summed E-state index contributed by atoms with van der Waals surface area (Å²) in [4.78, 5) is 16.3. The first-order valence-electron chi connectivity index (χ1n) is 9.66. The number of hydrogen-bond acceptors (Lipinski definition) is 4. The van der Waals surface area contributed by atoms with Crippen LogP contribution in [0.2, 0.25) is 0 Å². The number of benzene rings is 1. The molecule has 1 amide bonds. The third-order valence-corrected chi connectivity index (χ3v) is 5.64. The molecule has 2 heterocycles. The van der Waals surface area contributed by atoms with E-state index in [4.69, 9.17) is 5.73 Å². The van der Waals surface area contributed by atoms with E-state index in [1.54, 1.807) is 0 Å². The van der Waals surface area contributed by atoms with Gasteiger partial charge in [0.2, 0.25) is 5.91 Å². The SMILES string of the molecule is CC(C)N1CCC(Nc2cccc(CN3CCC[C@@H]3C(N)=O)c2)CC1. The minimum atomic E-state index is -0.191. The summed E-state index contributed by atoms with van der Waals surface area (Å²) in [6.45, 7) is 8.64. The summed E-state index contributed by atoms with van der Waals surface area (Å²) in [5, 5.41) is 3.70. The molecule has 2 aliphatic heterocycles. The summed E-state index contributed by atoms with van der Waals surface area (Å²) in [6, 6.07) is 9.72. The Morgan fingerprint density at radius 1 is 1.24 bits per heavy atom. The lowest BCUT2D eigenvalue weighted by Gasteiger charge is -2.35. The van der Waals surface area contributed by atoms with Crippen LogP contribution >= 0.6 is 0 Å². The maximum absolute atomic E-state index is 11.6. The third kappa shape index (κ3) is 4.73. The van der Waals surface area contributed by atoms with Gasteiger partial charge in [-0.15, -0.1) is 0 Å². The molecule has 25 heavy (non-hydrogen) atoms. The molecule has 138 valence electrons. The normalized spacial score (nSPS) is 23.2. The summed E-state index contributed by atoms with van der Waals surface area (Å²) in [5.41, 5.74) is 7.97. The Bertz CT molecular complexity index is 581. The van der Waals surface area contributed by atoms with Gasteiger partial charge in [0, 0.05) is 37.4 Å². The standard InChI is InChI=1S/C20H32N4O/c1-15(2)23-11-8-17(9-12-23)22-18-6-3-5-16(13-18)14-24-10-4-7-19(24)20(21)25/h3,5-6,13,15,17,19,22H,4,7-12,14H2,1-2H3,(H2,21,25)/t19-/m1/s1. The fourth-order valence-electron chi connectivity index (χ4n) is 4.13. The Hall–Kier alpha value is -1.59. The lowest BCUT2D eigenvalue weighted by Crippen LogP contribution is -2.42. The van der Waals surface area contributed by atoms with Gasteiger partial charge in [-0.25, -0.2) is 0 Å². The molecule has 2 fully saturated rings. The van der Waals surface area contributed by atoms with Crippen molar-refractivity contribution in [2.75, 3.05) is 25.0 Å². The summed E-state index contributed by atoms with van der Waals surface area (Å²) in [6.07, 6.45) is 4.33. The second kappa shape index (κ2) is 8.19. The third-order valence-electron chi connectivity index (χ3n) is 5.64. The van der Waals surface area contributed by atoms with Gasteiger partial charge in [0.05, 0.1) is 6.04 Å². The van der Waals surface area contributed by atoms with Gasteiger partial charge >= 0.3 is 0 Å². The van der Waals surface area contributed by atoms with Crippen molar-refractivity contribution in [1.82, 2.24) is 9.80 Å². The van der Waals surface area contributed by atoms with E-state index in [0.717, 1.165) is 25.9 Å². The number of nitrogens with two attached hydrogens (primary N) is 1. The summed E-state index contributed by atoms with van der Waals surface area (Å²) in [7, 11) is 0. The molecule has 0 saturated carbocycles. The zero-order chi connectivity index (χ0) is 17.8. The minimum Gasteiger partial charge on any atom is -0.382 e. The molecule has 0 aromatic heterocycles. The average Bonchev–Trinajstić information content (AvgIpc) is 3.04. The highest BCUT2D eigenvalue weighted by Gasteiger charge is 2.28. The Morgan fingerprint density at radius 3 is 2.68 bits per heavy atom. The predicted molar refractivity (Wildman–Crippen MR) is 102 cm³/mol. The van der Waals surface area contributed by atoms with E-state index >= 15 is 0 Å². The quantitative estimate of drug-likeness (QED) is 0.832. The van der Waals surface area contributed by atoms with Crippen LogP contribution in [0.5, 0.6) is 0 Å². The Kier molecular flexibility index (Phi) is 5.97. The van der Waals surface area contributed by atoms with Crippen molar-refractivity contribution in [3.8, 4) is 0 Å². The molecule has 2 aliphatic rings. The number of nitrogens with one attached hydrogen (secondary N) is 1. The maximum atomic E-state index is 11.6. The monoisotopic (exact) mass is 344 g/mol. The number of amides is 1. The van der Waals surface area contributed by atoms with Gasteiger partial charge in [0.1, 0.15) is 0 Å². The number of primary amides is 1. The number of rotatable bonds is 6. The number of nitrogens with zero attached hydrogens (tertiary/aromatic N) is 2. The van der Waals surface area contributed by atoms with Crippen LogP contribution in [0.3, 0.4) is 0 Å². The van der Waals surface area contributed by atoms with Gasteiger partial charge in [0.15, 0.2) is 0 Å². The molecular formula is C20H32N4O. The molecule has 1 atom stereocenters. The zero-order valence-electron chi connectivity index (χ0n) is 15.6. The molecule has 3 N–H and O–H groups in total. The highest BCUT2D eigenvalue weighted by Crippen LogP contribution is 2.23. The maximum Gasteiger partial charge on any atom is 0.234 e. The molecule has 1 aromatic rings. The van der Waals surface area contributed by atoms with Gasteiger partial charge in [-0.1, -0.05) is 12.1 Å². The van der Waals surface area contributed by atoms with Gasteiger partial charge in [-0.05, 0) is 63.8 Å². The molecule has 3 rings (SSSR count). The molecule has 1 aromatic carbocycles. The Labute approximate surface area is 151 Å². The first-order valence-corrected chi connectivity index (χ1v) is 9.66. The fourth-order valence-corrected chi connectivity index (χ4v) is 4.13. The van der Waals surface area contributed by atoms with Crippen LogP contribution in [0, 0.1) is 0 Å². The number of piperidine rings is 1. The van der Waals surface area contributed by atoms with E-state index in [2.05, 4.69) is 53.2 Å². The predicted octanol–water partition coefficient (Wildman–Crippen LogP) is 2.42. The summed E-state index contributed by atoms with van der Waals surface area (Å²) >= 11 is 0.